The Balaban J connectivity index is 1.10. The molecule has 14 heteroatoms. The number of hydrogen-bond acceptors (Lipinski definition) is 14. The fourth-order valence-corrected chi connectivity index (χ4v) is 13.8. The highest BCUT2D eigenvalue weighted by Crippen LogP contribution is 2.76. The van der Waals surface area contributed by atoms with Gasteiger partial charge in [0, 0.05) is 5.41 Å². The summed E-state index contributed by atoms with van der Waals surface area (Å²) in [7, 11) is 1.53. The SMILES string of the molecule is COC(=O)[C@]12CCC(C)(C)C[C@H]1C1=CC[C@@H]3[C@@]4(C)CC[C@H](O[C@@H]5O[C@H](CO[C@H]6O[C@H](CO)[C@H](O)[C@H](O)[C@H]6O)[C@@H](O)[C@H](O)[C@H]5O)[C@@](C)(CO)[C@@H]4CC[C@@]3(C)[C@]1(C)CC2. The third-order valence-corrected chi connectivity index (χ3v) is 17.6. The van der Waals surface area contributed by atoms with Gasteiger partial charge < -0.3 is 64.5 Å². The Morgan fingerprint density at radius 2 is 1.39 bits per heavy atom. The first kappa shape index (κ1) is 43.8. The Morgan fingerprint density at radius 3 is 2.04 bits per heavy atom. The molecule has 6 fully saturated rings. The predicted molar refractivity (Wildman–Crippen MR) is 204 cm³/mol. The topological polar surface area (TPSA) is 225 Å². The summed E-state index contributed by atoms with van der Waals surface area (Å²) in [6.45, 7) is 12.8. The zero-order valence-electron chi connectivity index (χ0n) is 34.9. The summed E-state index contributed by atoms with van der Waals surface area (Å²) in [5.41, 5.74) is 0.0345. The van der Waals surface area contributed by atoms with Crippen molar-refractivity contribution in [2.24, 2.45) is 50.2 Å². The highest BCUT2D eigenvalue weighted by atomic mass is 16.7. The van der Waals surface area contributed by atoms with Crippen LogP contribution >= 0.6 is 0 Å². The van der Waals surface area contributed by atoms with Crippen LogP contribution in [-0.4, -0.2) is 141 Å². The van der Waals surface area contributed by atoms with Gasteiger partial charge in [0.1, 0.15) is 48.8 Å². The van der Waals surface area contributed by atoms with Gasteiger partial charge in [-0.25, -0.2) is 0 Å². The van der Waals surface area contributed by atoms with E-state index in [0.717, 1.165) is 57.8 Å². The molecular weight excluding hydrogens is 740 g/mol. The molecule has 4 saturated carbocycles. The lowest BCUT2D eigenvalue weighted by molar-refractivity contribution is -0.347. The Labute approximate surface area is 336 Å². The molecule has 0 unspecified atom stereocenters. The van der Waals surface area contributed by atoms with Gasteiger partial charge in [0.05, 0.1) is 38.4 Å². The van der Waals surface area contributed by atoms with E-state index < -0.39 is 91.6 Å². The van der Waals surface area contributed by atoms with Crippen molar-refractivity contribution in [2.75, 3.05) is 26.9 Å². The number of carbonyl (C=O) groups excluding carboxylic acids is 1. The van der Waals surface area contributed by atoms with Crippen LogP contribution in [0.4, 0.5) is 0 Å². The maximum atomic E-state index is 13.6. The van der Waals surface area contributed by atoms with E-state index in [-0.39, 0.29) is 46.1 Å². The quantitative estimate of drug-likeness (QED) is 0.0998. The molecule has 0 amide bonds. The molecular formula is C43H70O14. The van der Waals surface area contributed by atoms with Gasteiger partial charge in [-0.2, -0.15) is 0 Å². The van der Waals surface area contributed by atoms with Crippen molar-refractivity contribution in [3.63, 3.8) is 0 Å². The lowest BCUT2D eigenvalue weighted by atomic mass is 9.33. The van der Waals surface area contributed by atoms with Crippen molar-refractivity contribution < 1.29 is 69.3 Å². The van der Waals surface area contributed by atoms with Gasteiger partial charge in [0.2, 0.25) is 0 Å². The smallest absolute Gasteiger partial charge is 0.312 e. The van der Waals surface area contributed by atoms with Crippen LogP contribution in [0.15, 0.2) is 11.6 Å². The largest absolute Gasteiger partial charge is 0.469 e. The first-order valence-corrected chi connectivity index (χ1v) is 21.3. The Morgan fingerprint density at radius 1 is 0.754 bits per heavy atom. The van der Waals surface area contributed by atoms with Crippen molar-refractivity contribution in [1.82, 2.24) is 0 Å². The van der Waals surface area contributed by atoms with Crippen LogP contribution in [0.5, 0.6) is 0 Å². The molecule has 5 aliphatic carbocycles. The molecule has 57 heavy (non-hydrogen) atoms. The minimum Gasteiger partial charge on any atom is -0.469 e. The Hall–Kier alpha value is -1.27. The summed E-state index contributed by atoms with van der Waals surface area (Å²) in [5.74, 6) is 0.444. The molecule has 2 saturated heterocycles. The van der Waals surface area contributed by atoms with E-state index in [1.165, 1.54) is 12.7 Å². The van der Waals surface area contributed by atoms with Gasteiger partial charge >= 0.3 is 5.97 Å². The molecule has 326 valence electrons. The van der Waals surface area contributed by atoms with Crippen molar-refractivity contribution >= 4 is 5.97 Å². The number of ether oxygens (including phenoxy) is 5. The van der Waals surface area contributed by atoms with E-state index in [0.29, 0.717) is 12.3 Å². The second kappa shape index (κ2) is 15.3. The molecule has 0 aromatic heterocycles. The first-order chi connectivity index (χ1) is 26.7. The van der Waals surface area contributed by atoms with Gasteiger partial charge in [0.15, 0.2) is 12.6 Å². The van der Waals surface area contributed by atoms with Gasteiger partial charge in [-0.3, -0.25) is 4.79 Å². The van der Waals surface area contributed by atoms with Crippen LogP contribution in [-0.2, 0) is 28.5 Å². The third-order valence-electron chi connectivity index (χ3n) is 17.6. The lowest BCUT2D eigenvalue weighted by Crippen LogP contribution is -2.67. The maximum Gasteiger partial charge on any atom is 0.312 e. The van der Waals surface area contributed by atoms with E-state index in [2.05, 4.69) is 40.7 Å². The van der Waals surface area contributed by atoms with Crippen molar-refractivity contribution in [1.29, 1.82) is 0 Å². The van der Waals surface area contributed by atoms with E-state index in [1.54, 1.807) is 0 Å². The number of allylic oxidation sites excluding steroid dienone is 2. The van der Waals surface area contributed by atoms with E-state index in [4.69, 9.17) is 23.7 Å². The molecule has 0 aromatic rings. The average Bonchev–Trinajstić information content (AvgIpc) is 3.18. The average molecular weight is 811 g/mol. The monoisotopic (exact) mass is 810 g/mol. The second-order valence-electron chi connectivity index (χ2n) is 20.7. The van der Waals surface area contributed by atoms with Crippen molar-refractivity contribution in [2.45, 2.75) is 173 Å². The van der Waals surface area contributed by atoms with Crippen LogP contribution in [0, 0.1) is 50.2 Å². The molecule has 19 atom stereocenters. The number of hydrogen-bond donors (Lipinski definition) is 8. The number of rotatable bonds is 8. The second-order valence-corrected chi connectivity index (χ2v) is 20.7. The fraction of sp³-hybridized carbons (Fsp3) is 0.930. The number of methoxy groups -OCH3 is 1. The van der Waals surface area contributed by atoms with Crippen LogP contribution < -0.4 is 0 Å². The zero-order valence-corrected chi connectivity index (χ0v) is 34.9. The Bertz CT molecular complexity index is 1520. The summed E-state index contributed by atoms with van der Waals surface area (Å²) < 4.78 is 29.2. The minimum absolute atomic E-state index is 0.0483. The summed E-state index contributed by atoms with van der Waals surface area (Å²) >= 11 is 0. The standard InChI is InChI=1S/C43H70O14/c1-38(2)14-16-43(37(52)53-7)17-15-41(5)22(23(43)18-38)8-9-27-39(3)12-11-28(40(4,21-45)26(39)10-13-42(27,41)6)57-36-34(51)32(49)30(47)25(56-36)20-54-35-33(50)31(48)29(46)24(19-44)55-35/h8,23-36,44-51H,9-21H2,1-7H3/t23-,24+,25+,26+,27+,28-,29-,30+,31-,32-,33+,34+,35-,36-,39-,40-,41+,42+,43-/m0/s1. The summed E-state index contributed by atoms with van der Waals surface area (Å²) in [6.07, 6.45) is -4.62. The molecule has 8 N–H and O–H groups in total. The molecule has 7 aliphatic rings. The van der Waals surface area contributed by atoms with Crippen molar-refractivity contribution in [3.05, 3.63) is 11.6 Å². The van der Waals surface area contributed by atoms with E-state index in [9.17, 15) is 45.6 Å². The molecule has 0 spiro atoms. The zero-order chi connectivity index (χ0) is 41.7. The van der Waals surface area contributed by atoms with Gasteiger partial charge in [0.25, 0.3) is 0 Å². The lowest BCUT2D eigenvalue weighted by Gasteiger charge is -2.71. The normalized spacial score (nSPS) is 53.4. The molecule has 14 nitrogen and oxygen atoms in total. The highest BCUT2D eigenvalue weighted by Gasteiger charge is 2.70. The molecule has 2 aliphatic heterocycles. The number of esters is 1. The van der Waals surface area contributed by atoms with Crippen molar-refractivity contribution in [3.8, 4) is 0 Å². The van der Waals surface area contributed by atoms with Gasteiger partial charge in [-0.05, 0) is 104 Å². The third kappa shape index (κ3) is 6.61. The van der Waals surface area contributed by atoms with Crippen LogP contribution in [0.25, 0.3) is 0 Å². The molecule has 0 radical (unpaired) electrons. The molecule has 0 bridgehead atoms. The van der Waals surface area contributed by atoms with Gasteiger partial charge in [-0.15, -0.1) is 0 Å². The van der Waals surface area contributed by atoms with Gasteiger partial charge in [-0.1, -0.05) is 53.2 Å². The van der Waals surface area contributed by atoms with E-state index in [1.807, 2.05) is 6.92 Å². The number of fused-ring (bicyclic) bond motifs is 7. The maximum absolute atomic E-state index is 13.6. The summed E-state index contributed by atoms with van der Waals surface area (Å²) in [6, 6.07) is 0. The highest BCUT2D eigenvalue weighted by molar-refractivity contribution is 5.78. The Kier molecular flexibility index (Phi) is 11.7. The number of carbonyl (C=O) groups is 1. The molecule has 2 heterocycles. The molecule has 0 aromatic carbocycles. The van der Waals surface area contributed by atoms with E-state index >= 15 is 0 Å². The fourth-order valence-electron chi connectivity index (χ4n) is 13.8. The number of aliphatic hydroxyl groups excluding tert-OH is 8. The molecule has 7 rings (SSSR count). The predicted octanol–water partition coefficient (Wildman–Crippen LogP) is 1.94. The van der Waals surface area contributed by atoms with Crippen LogP contribution in [0.2, 0.25) is 0 Å². The summed E-state index contributed by atoms with van der Waals surface area (Å²) in [4.78, 5) is 13.6. The summed E-state index contributed by atoms with van der Waals surface area (Å²) in [5, 5.41) is 84.5. The first-order valence-electron chi connectivity index (χ1n) is 21.3. The number of aliphatic hydroxyl groups is 8. The van der Waals surface area contributed by atoms with Crippen LogP contribution in [0.1, 0.15) is 106 Å². The minimum atomic E-state index is -1.68. The van der Waals surface area contributed by atoms with Crippen LogP contribution in [0.3, 0.4) is 0 Å².